The van der Waals surface area contributed by atoms with E-state index in [-0.39, 0.29) is 0 Å². The number of carbonyl (C=O) groups is 3. The molecule has 16 heavy (non-hydrogen) atoms. The highest BCUT2D eigenvalue weighted by Crippen LogP contribution is 2.33. The van der Waals surface area contributed by atoms with Crippen LogP contribution in [0.5, 0.6) is 0 Å². The van der Waals surface area contributed by atoms with E-state index in [1.165, 1.54) is 0 Å². The number of Topliss-reactive ketones (excluding diaryl/α,β-unsaturated/α-hetero) is 1. The van der Waals surface area contributed by atoms with Gasteiger partial charge < -0.3 is 10.4 Å². The molecule has 0 saturated heterocycles. The predicted octanol–water partition coefficient (Wildman–Crippen LogP) is 0.766. The Bertz CT molecular complexity index is 481. The molecule has 0 aliphatic carbocycles. The monoisotopic (exact) mass is 219 g/mol. The predicted molar refractivity (Wildman–Crippen MR) is 55.1 cm³/mol. The zero-order valence-corrected chi connectivity index (χ0v) is 8.27. The summed E-state index contributed by atoms with van der Waals surface area (Å²) in [5.41, 5.74) is 1.13. The van der Waals surface area contributed by atoms with Gasteiger partial charge in [0.1, 0.15) is 12.3 Å². The van der Waals surface area contributed by atoms with Gasteiger partial charge in [-0.25, -0.2) is 0 Å². The first-order valence-electron chi connectivity index (χ1n) is 4.74. The number of carboxylic acids is 1. The zero-order valence-electron chi connectivity index (χ0n) is 8.27. The van der Waals surface area contributed by atoms with Crippen molar-refractivity contribution < 1.29 is 19.5 Å². The second kappa shape index (κ2) is 3.77. The van der Waals surface area contributed by atoms with E-state index in [2.05, 4.69) is 5.32 Å². The minimum atomic E-state index is -1.22. The van der Waals surface area contributed by atoms with E-state index >= 15 is 0 Å². The lowest BCUT2D eigenvalue weighted by atomic mass is 9.94. The number of anilines is 1. The Balaban J connectivity index is 2.32. The second-order valence-corrected chi connectivity index (χ2v) is 3.55. The lowest BCUT2D eigenvalue weighted by Gasteiger charge is -2.04. The zero-order chi connectivity index (χ0) is 11.7. The first-order chi connectivity index (χ1) is 7.59. The molecule has 0 spiro atoms. The summed E-state index contributed by atoms with van der Waals surface area (Å²) in [5, 5.41) is 11.1. The number of hydrogen-bond acceptors (Lipinski definition) is 3. The molecule has 2 N–H and O–H groups in total. The van der Waals surface area contributed by atoms with Gasteiger partial charge in [0, 0.05) is 5.69 Å². The summed E-state index contributed by atoms with van der Waals surface area (Å²) in [5.74, 6) is -3.24. The summed E-state index contributed by atoms with van der Waals surface area (Å²) in [6, 6.07) is 6.78. The van der Waals surface area contributed by atoms with E-state index in [0.717, 1.165) is 0 Å². The van der Waals surface area contributed by atoms with Crippen molar-refractivity contribution >= 4 is 23.3 Å². The SMILES string of the molecule is O=C(O)CC(=O)C1C(=O)Nc2ccccc21. The number of carbonyl (C=O) groups excluding carboxylic acids is 2. The van der Waals surface area contributed by atoms with Gasteiger partial charge in [-0.2, -0.15) is 0 Å². The van der Waals surface area contributed by atoms with Crippen LogP contribution in [0.3, 0.4) is 0 Å². The van der Waals surface area contributed by atoms with Crippen molar-refractivity contribution in [2.24, 2.45) is 0 Å². The van der Waals surface area contributed by atoms with E-state index < -0.39 is 30.0 Å². The Morgan fingerprint density at radius 2 is 2.00 bits per heavy atom. The highest BCUT2D eigenvalue weighted by molar-refractivity contribution is 6.19. The molecule has 0 fully saturated rings. The van der Waals surface area contributed by atoms with Crippen LogP contribution in [0.1, 0.15) is 17.9 Å². The van der Waals surface area contributed by atoms with Gasteiger partial charge in [0.15, 0.2) is 5.78 Å². The van der Waals surface area contributed by atoms with Gasteiger partial charge in [-0.1, -0.05) is 18.2 Å². The first-order valence-corrected chi connectivity index (χ1v) is 4.74. The standard InChI is InChI=1S/C11H9NO4/c13-8(5-9(14)15)10-6-3-1-2-4-7(6)12-11(10)16/h1-4,10H,5H2,(H,12,16)(H,14,15). The third-order valence-electron chi connectivity index (χ3n) is 2.44. The second-order valence-electron chi connectivity index (χ2n) is 3.55. The van der Waals surface area contributed by atoms with Gasteiger partial charge in [-0.15, -0.1) is 0 Å². The number of aliphatic carboxylic acids is 1. The third kappa shape index (κ3) is 1.67. The van der Waals surface area contributed by atoms with Crippen molar-refractivity contribution in [2.45, 2.75) is 12.3 Å². The molecule has 1 aliphatic rings. The third-order valence-corrected chi connectivity index (χ3v) is 2.44. The molecular weight excluding hydrogens is 210 g/mol. The number of nitrogens with one attached hydrogen (secondary N) is 1. The van der Waals surface area contributed by atoms with Gasteiger partial charge in [0.25, 0.3) is 0 Å². The molecule has 1 unspecified atom stereocenters. The van der Waals surface area contributed by atoms with E-state index in [9.17, 15) is 14.4 Å². The van der Waals surface area contributed by atoms with Crippen LogP contribution < -0.4 is 5.32 Å². The number of hydrogen-bond donors (Lipinski definition) is 2. The molecule has 1 heterocycles. The molecule has 82 valence electrons. The normalized spacial score (nSPS) is 17.8. The average Bonchev–Trinajstić information content (AvgIpc) is 2.52. The maximum absolute atomic E-state index is 11.6. The molecule has 0 bridgehead atoms. The van der Waals surface area contributed by atoms with Gasteiger partial charge >= 0.3 is 5.97 Å². The minimum Gasteiger partial charge on any atom is -0.481 e. The number of fused-ring (bicyclic) bond motifs is 1. The summed E-state index contributed by atoms with van der Waals surface area (Å²) in [6.45, 7) is 0. The fraction of sp³-hybridized carbons (Fsp3) is 0.182. The van der Waals surface area contributed by atoms with Crippen molar-refractivity contribution in [3.63, 3.8) is 0 Å². The molecule has 0 radical (unpaired) electrons. The molecule has 2 rings (SSSR count). The molecule has 1 aromatic rings. The summed E-state index contributed by atoms with van der Waals surface area (Å²) in [6.07, 6.45) is -0.633. The smallest absolute Gasteiger partial charge is 0.310 e. The number of para-hydroxylation sites is 1. The average molecular weight is 219 g/mol. The summed E-state index contributed by atoms with van der Waals surface area (Å²) in [4.78, 5) is 33.5. The fourth-order valence-corrected chi connectivity index (χ4v) is 1.78. The van der Waals surface area contributed by atoms with E-state index in [1.54, 1.807) is 24.3 Å². The molecule has 1 aliphatic heterocycles. The van der Waals surface area contributed by atoms with Crippen molar-refractivity contribution in [1.82, 2.24) is 0 Å². The molecular formula is C11H9NO4. The minimum absolute atomic E-state index is 0.451. The maximum Gasteiger partial charge on any atom is 0.310 e. The Hall–Kier alpha value is -2.17. The van der Waals surface area contributed by atoms with E-state index in [4.69, 9.17) is 5.11 Å². The summed E-state index contributed by atoms with van der Waals surface area (Å²) in [7, 11) is 0. The highest BCUT2D eigenvalue weighted by atomic mass is 16.4. The Morgan fingerprint density at radius 1 is 1.31 bits per heavy atom. The molecule has 1 aromatic carbocycles. The van der Waals surface area contributed by atoms with Crippen LogP contribution in [-0.4, -0.2) is 22.8 Å². The van der Waals surface area contributed by atoms with Crippen molar-refractivity contribution in [1.29, 1.82) is 0 Å². The number of ketones is 1. The van der Waals surface area contributed by atoms with Gasteiger partial charge in [-0.05, 0) is 11.6 Å². The first kappa shape index (κ1) is 10.4. The lowest BCUT2D eigenvalue weighted by molar-refractivity contribution is -0.140. The summed E-state index contributed by atoms with van der Waals surface area (Å²) < 4.78 is 0. The van der Waals surface area contributed by atoms with Gasteiger partial charge in [-0.3, -0.25) is 14.4 Å². The molecule has 5 nitrogen and oxygen atoms in total. The number of benzene rings is 1. The summed E-state index contributed by atoms with van der Waals surface area (Å²) >= 11 is 0. The molecule has 5 heteroatoms. The molecule has 0 saturated carbocycles. The van der Waals surface area contributed by atoms with E-state index in [0.29, 0.717) is 11.3 Å². The quantitative estimate of drug-likeness (QED) is 0.735. The Morgan fingerprint density at radius 3 is 2.69 bits per heavy atom. The number of amides is 1. The molecule has 0 aromatic heterocycles. The lowest BCUT2D eigenvalue weighted by Crippen LogP contribution is -2.22. The maximum atomic E-state index is 11.6. The topological polar surface area (TPSA) is 83.5 Å². The largest absolute Gasteiger partial charge is 0.481 e. The van der Waals surface area contributed by atoms with Crippen molar-refractivity contribution in [2.75, 3.05) is 5.32 Å². The van der Waals surface area contributed by atoms with Gasteiger partial charge in [0.05, 0.1) is 0 Å². The van der Waals surface area contributed by atoms with E-state index in [1.807, 2.05) is 0 Å². The van der Waals surface area contributed by atoms with Crippen molar-refractivity contribution in [3.8, 4) is 0 Å². The number of carboxylic acid groups (broad SMARTS) is 1. The number of rotatable bonds is 3. The van der Waals surface area contributed by atoms with Crippen LogP contribution in [0.15, 0.2) is 24.3 Å². The highest BCUT2D eigenvalue weighted by Gasteiger charge is 2.36. The Labute approximate surface area is 91.1 Å². The Kier molecular flexibility index (Phi) is 2.44. The molecule has 1 amide bonds. The molecule has 1 atom stereocenters. The fourth-order valence-electron chi connectivity index (χ4n) is 1.78. The van der Waals surface area contributed by atoms with Crippen LogP contribution in [-0.2, 0) is 14.4 Å². The van der Waals surface area contributed by atoms with Crippen LogP contribution in [0.4, 0.5) is 5.69 Å². The van der Waals surface area contributed by atoms with Crippen LogP contribution in [0.2, 0.25) is 0 Å². The van der Waals surface area contributed by atoms with Crippen LogP contribution in [0, 0.1) is 0 Å². The van der Waals surface area contributed by atoms with Crippen molar-refractivity contribution in [3.05, 3.63) is 29.8 Å². The van der Waals surface area contributed by atoms with Crippen LogP contribution >= 0.6 is 0 Å². The van der Waals surface area contributed by atoms with Crippen LogP contribution in [0.25, 0.3) is 0 Å². The van der Waals surface area contributed by atoms with Gasteiger partial charge in [0.2, 0.25) is 5.91 Å².